The SMILES string of the molecule is CC(C)[C@H](NC(=O)c1c(F)cccc1F)C(=O)N[C@@H](C)[C@@H]1C[C@@H]2CC[C@@H]1C2. The van der Waals surface area contributed by atoms with Crippen LogP contribution in [0.15, 0.2) is 18.2 Å². The summed E-state index contributed by atoms with van der Waals surface area (Å²) in [7, 11) is 0. The Morgan fingerprint density at radius 2 is 1.70 bits per heavy atom. The smallest absolute Gasteiger partial charge is 0.257 e. The average molecular weight is 378 g/mol. The van der Waals surface area contributed by atoms with Crippen molar-refractivity contribution in [2.45, 2.75) is 58.5 Å². The molecule has 5 atom stereocenters. The minimum absolute atomic E-state index is 0.0242. The summed E-state index contributed by atoms with van der Waals surface area (Å²) >= 11 is 0. The molecule has 2 fully saturated rings. The van der Waals surface area contributed by atoms with Crippen molar-refractivity contribution >= 4 is 11.8 Å². The highest BCUT2D eigenvalue weighted by Gasteiger charge is 2.42. The number of fused-ring (bicyclic) bond motifs is 2. The first-order valence-electron chi connectivity index (χ1n) is 9.83. The molecule has 27 heavy (non-hydrogen) atoms. The van der Waals surface area contributed by atoms with E-state index in [-0.39, 0.29) is 17.9 Å². The van der Waals surface area contributed by atoms with Crippen LogP contribution in [0, 0.1) is 35.3 Å². The maximum atomic E-state index is 13.9. The third-order valence-electron chi connectivity index (χ3n) is 6.23. The van der Waals surface area contributed by atoms with Gasteiger partial charge in [0, 0.05) is 6.04 Å². The molecule has 0 spiro atoms. The number of hydrogen-bond acceptors (Lipinski definition) is 2. The van der Waals surface area contributed by atoms with Crippen molar-refractivity contribution in [2.75, 3.05) is 0 Å². The average Bonchev–Trinajstić information content (AvgIpc) is 3.22. The van der Waals surface area contributed by atoms with Gasteiger partial charge in [0.2, 0.25) is 5.91 Å². The number of carbonyl (C=O) groups is 2. The number of amides is 2. The van der Waals surface area contributed by atoms with Crippen LogP contribution in [-0.4, -0.2) is 23.9 Å². The van der Waals surface area contributed by atoms with Crippen LogP contribution in [-0.2, 0) is 4.79 Å². The van der Waals surface area contributed by atoms with E-state index in [9.17, 15) is 18.4 Å². The fourth-order valence-corrected chi connectivity index (χ4v) is 4.79. The largest absolute Gasteiger partial charge is 0.352 e. The van der Waals surface area contributed by atoms with E-state index in [0.717, 1.165) is 24.5 Å². The molecule has 2 aliphatic carbocycles. The zero-order chi connectivity index (χ0) is 19.7. The van der Waals surface area contributed by atoms with E-state index in [2.05, 4.69) is 10.6 Å². The molecule has 2 saturated carbocycles. The lowest BCUT2D eigenvalue weighted by atomic mass is 9.84. The fraction of sp³-hybridized carbons (Fsp3) is 0.619. The Bertz CT molecular complexity index is 702. The van der Waals surface area contributed by atoms with E-state index in [0.29, 0.717) is 11.8 Å². The van der Waals surface area contributed by atoms with Gasteiger partial charge >= 0.3 is 0 Å². The molecular weight excluding hydrogens is 350 g/mol. The van der Waals surface area contributed by atoms with E-state index in [1.807, 2.05) is 6.92 Å². The third-order valence-corrected chi connectivity index (χ3v) is 6.23. The van der Waals surface area contributed by atoms with Crippen LogP contribution in [0.3, 0.4) is 0 Å². The molecule has 2 amide bonds. The third kappa shape index (κ3) is 4.14. The first-order chi connectivity index (χ1) is 12.8. The predicted molar refractivity (Wildman–Crippen MR) is 99.0 cm³/mol. The summed E-state index contributed by atoms with van der Waals surface area (Å²) < 4.78 is 27.7. The maximum absolute atomic E-state index is 13.9. The Hall–Kier alpha value is -1.98. The van der Waals surface area contributed by atoms with Gasteiger partial charge in [-0.3, -0.25) is 9.59 Å². The van der Waals surface area contributed by atoms with Crippen LogP contribution in [0.5, 0.6) is 0 Å². The Balaban J connectivity index is 1.66. The Morgan fingerprint density at radius 3 is 2.22 bits per heavy atom. The first-order valence-corrected chi connectivity index (χ1v) is 9.83. The normalized spacial score (nSPS) is 26.1. The van der Waals surface area contributed by atoms with Gasteiger partial charge in [0.1, 0.15) is 23.2 Å². The summed E-state index contributed by atoms with van der Waals surface area (Å²) in [6.07, 6.45) is 4.92. The second-order valence-electron chi connectivity index (χ2n) is 8.43. The molecule has 0 radical (unpaired) electrons. The van der Waals surface area contributed by atoms with Gasteiger partial charge in [-0.15, -0.1) is 0 Å². The number of hydrogen-bond donors (Lipinski definition) is 2. The first kappa shape index (κ1) is 19.8. The molecule has 3 rings (SSSR count). The van der Waals surface area contributed by atoms with Gasteiger partial charge in [-0.1, -0.05) is 26.3 Å². The van der Waals surface area contributed by atoms with E-state index in [1.54, 1.807) is 13.8 Å². The minimum atomic E-state index is -0.939. The quantitative estimate of drug-likeness (QED) is 0.794. The van der Waals surface area contributed by atoms with Gasteiger partial charge in [-0.25, -0.2) is 8.78 Å². The summed E-state index contributed by atoms with van der Waals surface area (Å²) in [5.41, 5.74) is -0.655. The second-order valence-corrected chi connectivity index (χ2v) is 8.43. The molecule has 0 unspecified atom stereocenters. The fourth-order valence-electron chi connectivity index (χ4n) is 4.79. The highest BCUT2D eigenvalue weighted by Crippen LogP contribution is 2.49. The van der Waals surface area contributed by atoms with Crippen molar-refractivity contribution < 1.29 is 18.4 Å². The molecular formula is C21H28F2N2O2. The highest BCUT2D eigenvalue weighted by atomic mass is 19.1. The standard InChI is InChI=1S/C21H28F2N2O2/c1-11(2)19(25-20(26)18-16(22)5-4-6-17(18)23)21(27)24-12(3)15-10-13-7-8-14(15)9-13/h4-6,11-15,19H,7-10H2,1-3H3,(H,24,27)(H,25,26)/t12-,13+,14+,15-,19-/m0/s1. The van der Waals surface area contributed by atoms with Crippen LogP contribution in [0.4, 0.5) is 8.78 Å². The highest BCUT2D eigenvalue weighted by molar-refractivity contribution is 5.98. The van der Waals surface area contributed by atoms with Crippen molar-refractivity contribution in [2.24, 2.45) is 23.7 Å². The second kappa shape index (κ2) is 7.95. The summed E-state index contributed by atoms with van der Waals surface area (Å²) in [6.45, 7) is 5.61. The number of rotatable bonds is 6. The molecule has 2 bridgehead atoms. The van der Waals surface area contributed by atoms with Crippen molar-refractivity contribution in [1.29, 1.82) is 0 Å². The van der Waals surface area contributed by atoms with E-state index >= 15 is 0 Å². The Labute approximate surface area is 159 Å². The van der Waals surface area contributed by atoms with Crippen LogP contribution < -0.4 is 10.6 Å². The van der Waals surface area contributed by atoms with Crippen molar-refractivity contribution in [3.8, 4) is 0 Å². The van der Waals surface area contributed by atoms with Crippen LogP contribution in [0.2, 0.25) is 0 Å². The van der Waals surface area contributed by atoms with E-state index in [4.69, 9.17) is 0 Å². The van der Waals surface area contributed by atoms with Crippen molar-refractivity contribution in [3.63, 3.8) is 0 Å². The van der Waals surface area contributed by atoms with Gasteiger partial charge in [-0.2, -0.15) is 0 Å². The molecule has 1 aromatic rings. The van der Waals surface area contributed by atoms with Crippen molar-refractivity contribution in [3.05, 3.63) is 35.4 Å². The van der Waals surface area contributed by atoms with Crippen LogP contribution >= 0.6 is 0 Å². The topological polar surface area (TPSA) is 58.2 Å². The molecule has 6 heteroatoms. The van der Waals surface area contributed by atoms with Crippen molar-refractivity contribution in [1.82, 2.24) is 10.6 Å². The van der Waals surface area contributed by atoms with E-state index < -0.39 is 29.1 Å². The van der Waals surface area contributed by atoms with Crippen LogP contribution in [0.25, 0.3) is 0 Å². The monoisotopic (exact) mass is 378 g/mol. The Kier molecular flexibility index (Phi) is 5.82. The molecule has 2 aliphatic rings. The number of halogens is 2. The molecule has 4 nitrogen and oxygen atoms in total. The zero-order valence-electron chi connectivity index (χ0n) is 16.1. The molecule has 1 aromatic carbocycles. The number of benzene rings is 1. The summed E-state index contributed by atoms with van der Waals surface area (Å²) in [5.74, 6) is -1.38. The lowest BCUT2D eigenvalue weighted by Gasteiger charge is -2.31. The lowest BCUT2D eigenvalue weighted by molar-refractivity contribution is -0.125. The lowest BCUT2D eigenvalue weighted by Crippen LogP contribution is -2.53. The summed E-state index contributed by atoms with van der Waals surface area (Å²) in [6, 6.07) is 2.43. The molecule has 0 aromatic heterocycles. The molecule has 0 aliphatic heterocycles. The molecule has 0 saturated heterocycles. The number of carbonyl (C=O) groups excluding carboxylic acids is 2. The maximum Gasteiger partial charge on any atom is 0.257 e. The molecule has 2 N–H and O–H groups in total. The summed E-state index contributed by atoms with van der Waals surface area (Å²) in [4.78, 5) is 25.2. The van der Waals surface area contributed by atoms with Gasteiger partial charge in [0.05, 0.1) is 0 Å². The van der Waals surface area contributed by atoms with Gasteiger partial charge < -0.3 is 10.6 Å². The van der Waals surface area contributed by atoms with Gasteiger partial charge in [0.25, 0.3) is 5.91 Å². The number of nitrogens with one attached hydrogen (secondary N) is 2. The predicted octanol–water partition coefficient (Wildman–Crippen LogP) is 3.66. The molecule has 148 valence electrons. The summed E-state index contributed by atoms with van der Waals surface area (Å²) in [5, 5.41) is 5.55. The van der Waals surface area contributed by atoms with Gasteiger partial charge in [-0.05, 0) is 62.0 Å². The molecule has 0 heterocycles. The Morgan fingerprint density at radius 1 is 1.04 bits per heavy atom. The zero-order valence-corrected chi connectivity index (χ0v) is 16.1. The van der Waals surface area contributed by atoms with Crippen LogP contribution in [0.1, 0.15) is 56.8 Å². The minimum Gasteiger partial charge on any atom is -0.352 e. The van der Waals surface area contributed by atoms with E-state index in [1.165, 1.54) is 25.3 Å². The van der Waals surface area contributed by atoms with Gasteiger partial charge in [0.15, 0.2) is 0 Å².